The van der Waals surface area contributed by atoms with Gasteiger partial charge in [0, 0.05) is 0 Å². The van der Waals surface area contributed by atoms with Crippen LogP contribution >= 0.6 is 11.8 Å². The highest BCUT2D eigenvalue weighted by Crippen LogP contribution is 2.40. The average molecular weight is 306 g/mol. The predicted molar refractivity (Wildman–Crippen MR) is 81.7 cm³/mol. The zero-order valence-corrected chi connectivity index (χ0v) is 13.6. The van der Waals surface area contributed by atoms with Gasteiger partial charge in [-0.3, -0.25) is 4.79 Å². The number of carbonyl (C=O) groups excluding carboxylic acids is 2. The molecule has 1 fully saturated rings. The quantitative estimate of drug-likeness (QED) is 0.853. The Morgan fingerprint density at radius 1 is 1.33 bits per heavy atom. The van der Waals surface area contributed by atoms with Crippen molar-refractivity contribution in [3.05, 3.63) is 35.4 Å². The molecule has 5 heteroatoms. The van der Waals surface area contributed by atoms with E-state index >= 15 is 0 Å². The number of nitrogens with zero attached hydrogens (tertiary/aromatic N) is 1. The largest absolute Gasteiger partial charge is 0.548 e. The standard InChI is InChI=1S/C16H21NO3S/c1-10(15(19)20)17-13(18)9-21-14(17)11-5-7-12(8-6-11)16(2,3)4/h5-8,10,14H,9H2,1-4H3,(H,19,20)/p-1/t10-,14+/m0/s1. The van der Waals surface area contributed by atoms with E-state index in [-0.39, 0.29) is 16.7 Å². The number of aliphatic carboxylic acids is 1. The Hall–Kier alpha value is -1.49. The number of thioether (sulfide) groups is 1. The second-order valence-electron chi connectivity index (χ2n) is 6.33. The lowest BCUT2D eigenvalue weighted by atomic mass is 9.86. The van der Waals surface area contributed by atoms with Crippen molar-refractivity contribution in [3.8, 4) is 0 Å². The fourth-order valence-corrected chi connectivity index (χ4v) is 3.63. The first-order valence-corrected chi connectivity index (χ1v) is 8.01. The van der Waals surface area contributed by atoms with Crippen molar-refractivity contribution in [2.24, 2.45) is 0 Å². The summed E-state index contributed by atoms with van der Waals surface area (Å²) in [5.41, 5.74) is 2.22. The topological polar surface area (TPSA) is 60.4 Å². The number of rotatable bonds is 3. The van der Waals surface area contributed by atoms with Crippen molar-refractivity contribution >= 4 is 23.6 Å². The maximum atomic E-state index is 11.9. The van der Waals surface area contributed by atoms with Gasteiger partial charge >= 0.3 is 0 Å². The fourth-order valence-electron chi connectivity index (χ4n) is 2.37. The molecule has 2 rings (SSSR count). The summed E-state index contributed by atoms with van der Waals surface area (Å²) in [5.74, 6) is -1.06. The molecule has 2 atom stereocenters. The van der Waals surface area contributed by atoms with Gasteiger partial charge in [-0.05, 0) is 23.5 Å². The van der Waals surface area contributed by atoms with E-state index in [0.717, 1.165) is 5.56 Å². The highest BCUT2D eigenvalue weighted by Gasteiger charge is 2.36. The zero-order valence-electron chi connectivity index (χ0n) is 12.8. The summed E-state index contributed by atoms with van der Waals surface area (Å²) in [6, 6.07) is 7.12. The molecule has 1 heterocycles. The van der Waals surface area contributed by atoms with E-state index in [4.69, 9.17) is 0 Å². The van der Waals surface area contributed by atoms with Crippen molar-refractivity contribution < 1.29 is 14.7 Å². The molecule has 1 amide bonds. The summed E-state index contributed by atoms with van der Waals surface area (Å²) in [6.45, 7) is 7.91. The van der Waals surface area contributed by atoms with Crippen LogP contribution in [-0.2, 0) is 15.0 Å². The molecule has 0 saturated carbocycles. The normalized spacial score (nSPS) is 20.7. The third-order valence-electron chi connectivity index (χ3n) is 3.73. The van der Waals surface area contributed by atoms with Crippen LogP contribution in [0.15, 0.2) is 24.3 Å². The van der Waals surface area contributed by atoms with Gasteiger partial charge < -0.3 is 14.8 Å². The van der Waals surface area contributed by atoms with Crippen molar-refractivity contribution in [1.82, 2.24) is 4.90 Å². The molecule has 1 aliphatic heterocycles. The van der Waals surface area contributed by atoms with Gasteiger partial charge in [-0.15, -0.1) is 11.8 Å². The van der Waals surface area contributed by atoms with Crippen molar-refractivity contribution in [3.63, 3.8) is 0 Å². The molecule has 1 aliphatic rings. The third kappa shape index (κ3) is 3.23. The molecule has 0 unspecified atom stereocenters. The van der Waals surface area contributed by atoms with Gasteiger partial charge in [-0.25, -0.2) is 0 Å². The molecule has 1 saturated heterocycles. The average Bonchev–Trinajstić information content (AvgIpc) is 2.78. The van der Waals surface area contributed by atoms with Crippen molar-refractivity contribution in [2.45, 2.75) is 44.5 Å². The zero-order chi connectivity index (χ0) is 15.8. The predicted octanol–water partition coefficient (Wildman–Crippen LogP) is 1.70. The lowest BCUT2D eigenvalue weighted by molar-refractivity contribution is -0.310. The summed E-state index contributed by atoms with van der Waals surface area (Å²) in [5, 5.41) is 10.8. The Morgan fingerprint density at radius 3 is 2.38 bits per heavy atom. The summed E-state index contributed by atoms with van der Waals surface area (Å²) in [6.07, 6.45) is 0. The summed E-state index contributed by atoms with van der Waals surface area (Å²) < 4.78 is 0. The third-order valence-corrected chi connectivity index (χ3v) is 4.95. The fraction of sp³-hybridized carbons (Fsp3) is 0.500. The molecule has 1 aromatic rings. The van der Waals surface area contributed by atoms with Crippen LogP contribution in [0.5, 0.6) is 0 Å². The number of carboxylic acid groups (broad SMARTS) is 1. The highest BCUT2D eigenvalue weighted by atomic mass is 32.2. The van der Waals surface area contributed by atoms with E-state index in [9.17, 15) is 14.7 Å². The van der Waals surface area contributed by atoms with Gasteiger partial charge in [-0.2, -0.15) is 0 Å². The Balaban J connectivity index is 2.28. The van der Waals surface area contributed by atoms with Gasteiger partial charge in [0.15, 0.2) is 0 Å². The number of benzene rings is 1. The van der Waals surface area contributed by atoms with Crippen LogP contribution in [0.2, 0.25) is 0 Å². The molecule has 0 radical (unpaired) electrons. The van der Waals surface area contributed by atoms with Gasteiger partial charge in [0.1, 0.15) is 5.37 Å². The second-order valence-corrected chi connectivity index (χ2v) is 7.40. The summed E-state index contributed by atoms with van der Waals surface area (Å²) in [4.78, 5) is 24.4. The molecular formula is C16H20NO3S-. The first-order chi connectivity index (χ1) is 9.71. The molecule has 114 valence electrons. The van der Waals surface area contributed by atoms with Crippen LogP contribution < -0.4 is 5.11 Å². The Bertz CT molecular complexity index is 548. The number of hydrogen-bond donors (Lipinski definition) is 0. The molecule has 1 aromatic carbocycles. The Labute approximate surface area is 129 Å². The van der Waals surface area contributed by atoms with E-state index in [2.05, 4.69) is 20.8 Å². The van der Waals surface area contributed by atoms with Crippen LogP contribution in [0, 0.1) is 0 Å². The molecule has 0 spiro atoms. The minimum absolute atomic E-state index is 0.0646. The van der Waals surface area contributed by atoms with Crippen LogP contribution in [0.3, 0.4) is 0 Å². The molecule has 21 heavy (non-hydrogen) atoms. The summed E-state index contributed by atoms with van der Waals surface area (Å²) >= 11 is 1.46. The Kier molecular flexibility index (Phi) is 4.33. The van der Waals surface area contributed by atoms with Crippen molar-refractivity contribution in [1.29, 1.82) is 0 Å². The molecule has 0 bridgehead atoms. The van der Waals surface area contributed by atoms with Crippen molar-refractivity contribution in [2.75, 3.05) is 5.75 Å². The van der Waals surface area contributed by atoms with E-state index in [0.29, 0.717) is 5.75 Å². The lowest BCUT2D eigenvalue weighted by Crippen LogP contribution is -2.47. The van der Waals surface area contributed by atoms with Gasteiger partial charge in [0.2, 0.25) is 5.91 Å². The van der Waals surface area contributed by atoms with Crippen LogP contribution in [0.25, 0.3) is 0 Å². The summed E-state index contributed by atoms with van der Waals surface area (Å²) in [7, 11) is 0. The highest BCUT2D eigenvalue weighted by molar-refractivity contribution is 8.00. The van der Waals surface area contributed by atoms with Gasteiger partial charge in [0.05, 0.1) is 17.8 Å². The first kappa shape index (κ1) is 15.9. The lowest BCUT2D eigenvalue weighted by Gasteiger charge is -2.31. The number of carbonyl (C=O) groups is 2. The molecule has 4 nitrogen and oxygen atoms in total. The number of carboxylic acids is 1. The number of amides is 1. The van der Waals surface area contributed by atoms with E-state index in [1.807, 2.05) is 24.3 Å². The smallest absolute Gasteiger partial charge is 0.234 e. The first-order valence-electron chi connectivity index (χ1n) is 6.96. The monoisotopic (exact) mass is 306 g/mol. The van der Waals surface area contributed by atoms with Crippen LogP contribution in [-0.4, -0.2) is 28.6 Å². The number of hydrogen-bond acceptors (Lipinski definition) is 4. The second kappa shape index (κ2) is 5.72. The van der Waals surface area contributed by atoms with E-state index in [1.54, 1.807) is 0 Å². The van der Waals surface area contributed by atoms with Crippen LogP contribution in [0.1, 0.15) is 44.2 Å². The molecule has 0 aliphatic carbocycles. The SMILES string of the molecule is C[C@@H](C(=O)[O-])N1C(=O)CS[C@@H]1c1ccc(C(C)(C)C)cc1. The van der Waals surface area contributed by atoms with Gasteiger partial charge in [0.25, 0.3) is 0 Å². The Morgan fingerprint density at radius 2 is 1.90 bits per heavy atom. The minimum atomic E-state index is -1.22. The minimum Gasteiger partial charge on any atom is -0.548 e. The maximum absolute atomic E-state index is 11.9. The molecular weight excluding hydrogens is 286 g/mol. The van der Waals surface area contributed by atoms with Gasteiger partial charge in [-0.1, -0.05) is 45.0 Å². The molecule has 0 N–H and O–H groups in total. The maximum Gasteiger partial charge on any atom is 0.234 e. The van der Waals surface area contributed by atoms with E-state index in [1.165, 1.54) is 29.1 Å². The molecule has 0 aromatic heterocycles. The van der Waals surface area contributed by atoms with Crippen LogP contribution in [0.4, 0.5) is 0 Å². The van der Waals surface area contributed by atoms with E-state index < -0.39 is 12.0 Å².